The van der Waals surface area contributed by atoms with E-state index in [1.165, 1.54) is 16.2 Å². The molecule has 0 radical (unpaired) electrons. The fraction of sp³-hybridized carbons (Fsp3) is 0.267. The number of thiazole rings is 1. The van der Waals surface area contributed by atoms with Gasteiger partial charge in [0.05, 0.1) is 5.69 Å². The molecule has 0 fully saturated rings. The Morgan fingerprint density at radius 1 is 1.40 bits per heavy atom. The molecule has 3 aromatic rings. The second-order valence-electron chi connectivity index (χ2n) is 4.97. The Morgan fingerprint density at radius 2 is 2.20 bits per heavy atom. The van der Waals surface area contributed by atoms with E-state index in [-0.39, 0.29) is 6.04 Å². The van der Waals surface area contributed by atoms with E-state index in [9.17, 15) is 0 Å². The minimum Gasteiger partial charge on any atom is -0.328 e. The highest BCUT2D eigenvalue weighted by molar-refractivity contribution is 7.99. The Kier molecular flexibility index (Phi) is 3.83. The van der Waals surface area contributed by atoms with Crippen LogP contribution < -0.4 is 5.73 Å². The molecule has 20 heavy (non-hydrogen) atoms. The number of benzene rings is 1. The van der Waals surface area contributed by atoms with Crippen molar-refractivity contribution in [3.8, 4) is 0 Å². The van der Waals surface area contributed by atoms with Crippen LogP contribution in [-0.2, 0) is 6.42 Å². The molecule has 0 aliphatic carbocycles. The maximum atomic E-state index is 5.99. The van der Waals surface area contributed by atoms with Crippen LogP contribution in [0.3, 0.4) is 0 Å². The highest BCUT2D eigenvalue weighted by Crippen LogP contribution is 2.33. The molecular weight excluding hydrogens is 286 g/mol. The summed E-state index contributed by atoms with van der Waals surface area (Å²) >= 11 is 3.39. The number of aromatic nitrogens is 2. The van der Waals surface area contributed by atoms with Crippen LogP contribution in [0, 0.1) is 6.92 Å². The Bertz CT molecular complexity index is 728. The van der Waals surface area contributed by atoms with Crippen LogP contribution in [0.25, 0.3) is 4.96 Å². The van der Waals surface area contributed by atoms with Crippen LogP contribution in [0.5, 0.6) is 0 Å². The summed E-state index contributed by atoms with van der Waals surface area (Å²) < 4.78 is 2.16. The molecule has 0 spiro atoms. The lowest BCUT2D eigenvalue weighted by molar-refractivity contribution is 0.706. The average Bonchev–Trinajstić information content (AvgIpc) is 2.95. The van der Waals surface area contributed by atoms with E-state index in [0.29, 0.717) is 0 Å². The normalized spacial score (nSPS) is 12.9. The second-order valence-corrected chi connectivity index (χ2v) is 6.87. The molecule has 1 unspecified atom stereocenters. The first kappa shape index (κ1) is 13.7. The van der Waals surface area contributed by atoms with Crippen molar-refractivity contribution in [2.24, 2.45) is 5.73 Å². The predicted molar refractivity (Wildman–Crippen MR) is 85.7 cm³/mol. The van der Waals surface area contributed by atoms with Gasteiger partial charge in [-0.05, 0) is 25.5 Å². The Labute approximate surface area is 126 Å². The first-order valence-corrected chi connectivity index (χ1v) is 8.28. The summed E-state index contributed by atoms with van der Waals surface area (Å²) in [6.45, 7) is 4.17. The summed E-state index contributed by atoms with van der Waals surface area (Å²) in [6, 6.07) is 8.54. The molecule has 2 N–H and O–H groups in total. The van der Waals surface area contributed by atoms with Gasteiger partial charge in [-0.15, -0.1) is 11.3 Å². The van der Waals surface area contributed by atoms with Crippen LogP contribution in [0.15, 0.2) is 45.8 Å². The van der Waals surface area contributed by atoms with Crippen molar-refractivity contribution < 1.29 is 0 Å². The Hall–Kier alpha value is -1.30. The standard InChI is InChI=1S/C15H17N3S2/c1-10-5-3-4-6-13(10)20-14-12(9-11(2)16)18-7-8-19-15(18)17-14/h3-8,11H,9,16H2,1-2H3. The van der Waals surface area contributed by atoms with Crippen molar-refractivity contribution in [3.63, 3.8) is 0 Å². The van der Waals surface area contributed by atoms with Gasteiger partial charge in [-0.2, -0.15) is 0 Å². The molecule has 0 bridgehead atoms. The Balaban J connectivity index is 2.02. The van der Waals surface area contributed by atoms with Gasteiger partial charge in [-0.3, -0.25) is 4.40 Å². The lowest BCUT2D eigenvalue weighted by atomic mass is 10.2. The monoisotopic (exact) mass is 303 g/mol. The third-order valence-electron chi connectivity index (χ3n) is 3.14. The number of nitrogens with two attached hydrogens (primary N) is 1. The topological polar surface area (TPSA) is 43.3 Å². The number of hydrogen-bond donors (Lipinski definition) is 1. The molecule has 104 valence electrons. The smallest absolute Gasteiger partial charge is 0.194 e. The van der Waals surface area contributed by atoms with E-state index in [2.05, 4.69) is 47.2 Å². The molecule has 3 nitrogen and oxygen atoms in total. The van der Waals surface area contributed by atoms with Gasteiger partial charge in [0.15, 0.2) is 4.96 Å². The van der Waals surface area contributed by atoms with Gasteiger partial charge in [0, 0.05) is 28.9 Å². The molecule has 2 heterocycles. The number of rotatable bonds is 4. The van der Waals surface area contributed by atoms with Gasteiger partial charge < -0.3 is 5.73 Å². The van der Waals surface area contributed by atoms with Gasteiger partial charge in [0.1, 0.15) is 5.03 Å². The number of imidazole rings is 1. The highest BCUT2D eigenvalue weighted by atomic mass is 32.2. The maximum Gasteiger partial charge on any atom is 0.194 e. The van der Waals surface area contributed by atoms with Crippen LogP contribution in [0.4, 0.5) is 0 Å². The van der Waals surface area contributed by atoms with Crippen molar-refractivity contribution in [1.29, 1.82) is 0 Å². The second kappa shape index (κ2) is 5.60. The summed E-state index contributed by atoms with van der Waals surface area (Å²) in [6.07, 6.45) is 2.92. The van der Waals surface area contributed by atoms with Crippen LogP contribution in [-0.4, -0.2) is 15.4 Å². The molecule has 0 aliphatic heterocycles. The molecular formula is C15H17N3S2. The van der Waals surface area contributed by atoms with E-state index in [1.807, 2.05) is 6.92 Å². The van der Waals surface area contributed by atoms with E-state index in [1.54, 1.807) is 23.1 Å². The molecule has 2 aromatic heterocycles. The largest absolute Gasteiger partial charge is 0.328 e. The van der Waals surface area contributed by atoms with E-state index in [0.717, 1.165) is 16.4 Å². The zero-order valence-electron chi connectivity index (χ0n) is 11.5. The van der Waals surface area contributed by atoms with Crippen LogP contribution in [0.2, 0.25) is 0 Å². The van der Waals surface area contributed by atoms with Gasteiger partial charge >= 0.3 is 0 Å². The predicted octanol–water partition coefficient (Wildman–Crippen LogP) is 3.75. The van der Waals surface area contributed by atoms with Crippen molar-refractivity contribution in [2.45, 2.75) is 36.2 Å². The van der Waals surface area contributed by atoms with Crippen LogP contribution in [0.1, 0.15) is 18.2 Å². The van der Waals surface area contributed by atoms with Crippen molar-refractivity contribution >= 4 is 28.1 Å². The Morgan fingerprint density at radius 3 is 2.95 bits per heavy atom. The van der Waals surface area contributed by atoms with Gasteiger partial charge in [0.25, 0.3) is 0 Å². The fourth-order valence-corrected chi connectivity index (χ4v) is 3.97. The molecule has 0 saturated carbocycles. The minimum absolute atomic E-state index is 0.131. The van der Waals surface area contributed by atoms with E-state index in [4.69, 9.17) is 10.7 Å². The molecule has 1 atom stereocenters. The minimum atomic E-state index is 0.131. The average molecular weight is 303 g/mol. The lowest BCUT2D eigenvalue weighted by Crippen LogP contribution is -2.19. The van der Waals surface area contributed by atoms with Gasteiger partial charge in [-0.1, -0.05) is 30.0 Å². The zero-order valence-corrected chi connectivity index (χ0v) is 13.2. The molecule has 1 aromatic carbocycles. The SMILES string of the molecule is Cc1ccccc1Sc1nc2sccn2c1CC(C)N. The molecule has 0 aliphatic rings. The number of aryl methyl sites for hydroxylation is 1. The summed E-state index contributed by atoms with van der Waals surface area (Å²) in [7, 11) is 0. The number of nitrogens with zero attached hydrogens (tertiary/aromatic N) is 2. The third kappa shape index (κ3) is 2.61. The summed E-state index contributed by atoms with van der Waals surface area (Å²) in [5.74, 6) is 0. The first-order chi connectivity index (χ1) is 9.65. The summed E-state index contributed by atoms with van der Waals surface area (Å²) in [5.41, 5.74) is 8.48. The molecule has 3 rings (SSSR count). The lowest BCUT2D eigenvalue weighted by Gasteiger charge is -2.08. The first-order valence-electron chi connectivity index (χ1n) is 6.58. The van der Waals surface area contributed by atoms with E-state index < -0.39 is 0 Å². The number of hydrogen-bond acceptors (Lipinski definition) is 4. The van der Waals surface area contributed by atoms with Gasteiger partial charge in [0.2, 0.25) is 0 Å². The van der Waals surface area contributed by atoms with Crippen molar-refractivity contribution in [2.75, 3.05) is 0 Å². The summed E-state index contributed by atoms with van der Waals surface area (Å²) in [5, 5.41) is 3.14. The van der Waals surface area contributed by atoms with Crippen molar-refractivity contribution in [1.82, 2.24) is 9.38 Å². The quantitative estimate of drug-likeness (QED) is 0.798. The third-order valence-corrected chi connectivity index (χ3v) is 5.09. The molecule has 0 saturated heterocycles. The number of fused-ring (bicyclic) bond motifs is 1. The summed E-state index contributed by atoms with van der Waals surface area (Å²) in [4.78, 5) is 7.04. The molecule has 0 amide bonds. The fourth-order valence-electron chi connectivity index (χ4n) is 2.16. The maximum absolute atomic E-state index is 5.99. The highest BCUT2D eigenvalue weighted by Gasteiger charge is 2.16. The van der Waals surface area contributed by atoms with E-state index >= 15 is 0 Å². The van der Waals surface area contributed by atoms with Crippen LogP contribution >= 0.6 is 23.1 Å². The zero-order chi connectivity index (χ0) is 14.1. The van der Waals surface area contributed by atoms with Gasteiger partial charge in [-0.25, -0.2) is 4.98 Å². The molecule has 5 heteroatoms. The van der Waals surface area contributed by atoms with Crippen molar-refractivity contribution in [3.05, 3.63) is 47.1 Å².